The van der Waals surface area contributed by atoms with Crippen molar-refractivity contribution in [1.82, 2.24) is 10.6 Å². The fraction of sp³-hybridized carbons (Fsp3) is 0.222. The van der Waals surface area contributed by atoms with Gasteiger partial charge in [-0.25, -0.2) is 4.39 Å². The highest BCUT2D eigenvalue weighted by atomic mass is 19.1. The number of aryl methyl sites for hydroxylation is 1. The van der Waals surface area contributed by atoms with Crippen molar-refractivity contribution in [3.8, 4) is 5.75 Å². The van der Waals surface area contributed by atoms with E-state index in [9.17, 15) is 14.0 Å². The third-order valence-corrected chi connectivity index (χ3v) is 3.20. The second kappa shape index (κ2) is 8.67. The van der Waals surface area contributed by atoms with E-state index >= 15 is 0 Å². The van der Waals surface area contributed by atoms with Crippen LogP contribution in [0.25, 0.3) is 0 Å². The minimum Gasteiger partial charge on any atom is -0.492 e. The average Bonchev–Trinajstić information content (AvgIpc) is 2.57. The smallest absolute Gasteiger partial charge is 0.251 e. The summed E-state index contributed by atoms with van der Waals surface area (Å²) in [5.74, 6) is -0.425. The third kappa shape index (κ3) is 5.72. The highest BCUT2D eigenvalue weighted by molar-refractivity contribution is 5.96. The van der Waals surface area contributed by atoms with E-state index in [4.69, 9.17) is 4.74 Å². The Kier molecular flexibility index (Phi) is 6.31. The molecule has 0 aromatic heterocycles. The van der Waals surface area contributed by atoms with Crippen molar-refractivity contribution < 1.29 is 18.7 Å². The van der Waals surface area contributed by atoms with Gasteiger partial charge < -0.3 is 15.4 Å². The van der Waals surface area contributed by atoms with Crippen LogP contribution < -0.4 is 15.4 Å². The minimum atomic E-state index is -0.429. The molecule has 0 aliphatic heterocycles. The normalized spacial score (nSPS) is 10.1. The molecule has 2 amide bonds. The zero-order valence-corrected chi connectivity index (χ0v) is 13.3. The summed E-state index contributed by atoms with van der Waals surface area (Å²) in [6, 6.07) is 12.7. The molecule has 0 heterocycles. The fourth-order valence-corrected chi connectivity index (χ4v) is 1.99. The van der Waals surface area contributed by atoms with Gasteiger partial charge in [0.2, 0.25) is 5.91 Å². The van der Waals surface area contributed by atoms with E-state index in [1.807, 2.05) is 31.2 Å². The second-order valence-corrected chi connectivity index (χ2v) is 5.20. The third-order valence-electron chi connectivity index (χ3n) is 3.20. The first-order valence-corrected chi connectivity index (χ1v) is 7.54. The zero-order chi connectivity index (χ0) is 17.4. The predicted molar refractivity (Wildman–Crippen MR) is 88.4 cm³/mol. The van der Waals surface area contributed by atoms with Crippen LogP contribution in [-0.4, -0.2) is 31.5 Å². The Labute approximate surface area is 139 Å². The number of nitrogens with one attached hydrogen (secondary N) is 2. The van der Waals surface area contributed by atoms with Gasteiger partial charge >= 0.3 is 0 Å². The van der Waals surface area contributed by atoms with Crippen LogP contribution in [0.4, 0.5) is 4.39 Å². The number of hydrogen-bond donors (Lipinski definition) is 2. The van der Waals surface area contributed by atoms with Gasteiger partial charge in [-0.1, -0.05) is 12.1 Å². The molecule has 0 radical (unpaired) electrons. The quantitative estimate of drug-likeness (QED) is 0.764. The van der Waals surface area contributed by atoms with E-state index < -0.39 is 11.7 Å². The first-order chi connectivity index (χ1) is 11.5. The number of hydrogen-bond acceptors (Lipinski definition) is 3. The van der Waals surface area contributed by atoms with Gasteiger partial charge in [0.25, 0.3) is 5.91 Å². The van der Waals surface area contributed by atoms with Crippen LogP contribution in [0, 0.1) is 12.7 Å². The van der Waals surface area contributed by atoms with Gasteiger partial charge in [0.1, 0.15) is 18.2 Å². The van der Waals surface area contributed by atoms with E-state index in [1.54, 1.807) is 0 Å². The lowest BCUT2D eigenvalue weighted by Gasteiger charge is -2.09. The van der Waals surface area contributed by atoms with E-state index in [2.05, 4.69) is 10.6 Å². The number of carbonyl (C=O) groups is 2. The van der Waals surface area contributed by atoms with Gasteiger partial charge in [-0.2, -0.15) is 0 Å². The highest BCUT2D eigenvalue weighted by Gasteiger charge is 2.07. The summed E-state index contributed by atoms with van der Waals surface area (Å²) in [6.07, 6.45) is 0. The number of rotatable bonds is 7. The van der Waals surface area contributed by atoms with Crippen molar-refractivity contribution in [2.45, 2.75) is 6.92 Å². The van der Waals surface area contributed by atoms with Gasteiger partial charge in [-0.05, 0) is 48.9 Å². The van der Waals surface area contributed by atoms with Crippen LogP contribution in [-0.2, 0) is 4.79 Å². The van der Waals surface area contributed by atoms with Crippen LogP contribution in [0.3, 0.4) is 0 Å². The lowest BCUT2D eigenvalue weighted by molar-refractivity contribution is -0.120. The Hall–Kier alpha value is -2.89. The number of benzene rings is 2. The maximum absolute atomic E-state index is 12.8. The Balaban J connectivity index is 1.64. The summed E-state index contributed by atoms with van der Waals surface area (Å²) in [6.45, 7) is 2.49. The summed E-state index contributed by atoms with van der Waals surface area (Å²) < 4.78 is 18.3. The minimum absolute atomic E-state index is 0.152. The Morgan fingerprint density at radius 3 is 2.54 bits per heavy atom. The first kappa shape index (κ1) is 17.5. The van der Waals surface area contributed by atoms with Gasteiger partial charge in [0, 0.05) is 5.56 Å². The van der Waals surface area contributed by atoms with Gasteiger partial charge in [0.15, 0.2) is 0 Å². The molecule has 0 aliphatic carbocycles. The topological polar surface area (TPSA) is 67.4 Å². The van der Waals surface area contributed by atoms with Crippen molar-refractivity contribution in [3.05, 3.63) is 65.5 Å². The number of amides is 2. The molecule has 5 nitrogen and oxygen atoms in total. The summed E-state index contributed by atoms with van der Waals surface area (Å²) in [4.78, 5) is 23.4. The van der Waals surface area contributed by atoms with Gasteiger partial charge in [0.05, 0.1) is 13.1 Å². The molecule has 0 bridgehead atoms. The van der Waals surface area contributed by atoms with Gasteiger partial charge in [-0.15, -0.1) is 0 Å². The van der Waals surface area contributed by atoms with Gasteiger partial charge in [-0.3, -0.25) is 9.59 Å². The first-order valence-electron chi connectivity index (χ1n) is 7.54. The molecule has 2 aromatic carbocycles. The molecule has 2 N–H and O–H groups in total. The number of carbonyl (C=O) groups excluding carboxylic acids is 2. The lowest BCUT2D eigenvalue weighted by Crippen LogP contribution is -2.38. The molecule has 126 valence electrons. The molecule has 0 atom stereocenters. The standard InChI is InChI=1S/C18H19FN2O3/c1-13-3-2-4-16(11-13)24-10-9-20-17(22)12-21-18(23)14-5-7-15(19)8-6-14/h2-8,11H,9-10,12H2,1H3,(H,20,22)(H,21,23). The van der Waals surface area contributed by atoms with Crippen molar-refractivity contribution in [1.29, 1.82) is 0 Å². The summed E-state index contributed by atoms with van der Waals surface area (Å²) >= 11 is 0. The van der Waals surface area contributed by atoms with E-state index in [-0.39, 0.29) is 12.5 Å². The SMILES string of the molecule is Cc1cccc(OCCNC(=O)CNC(=O)c2ccc(F)cc2)c1. The predicted octanol–water partition coefficient (Wildman–Crippen LogP) is 2.06. The molecule has 0 aliphatic rings. The molecular formula is C18H19FN2O3. The second-order valence-electron chi connectivity index (χ2n) is 5.20. The number of halogens is 1. The van der Waals surface area contributed by atoms with Crippen molar-refractivity contribution in [2.75, 3.05) is 19.7 Å². The lowest BCUT2D eigenvalue weighted by atomic mass is 10.2. The van der Waals surface area contributed by atoms with E-state index in [0.717, 1.165) is 11.3 Å². The van der Waals surface area contributed by atoms with Crippen LogP contribution in [0.5, 0.6) is 5.75 Å². The molecule has 0 unspecified atom stereocenters. The molecular weight excluding hydrogens is 311 g/mol. The summed E-state index contributed by atoms with van der Waals surface area (Å²) in [5, 5.41) is 5.11. The Bertz CT molecular complexity index is 702. The van der Waals surface area contributed by atoms with Crippen LogP contribution in [0.15, 0.2) is 48.5 Å². The van der Waals surface area contributed by atoms with Crippen LogP contribution >= 0.6 is 0 Å². The molecule has 0 fully saturated rings. The Morgan fingerprint density at radius 1 is 1.08 bits per heavy atom. The summed E-state index contributed by atoms with van der Waals surface area (Å²) in [7, 11) is 0. The fourth-order valence-electron chi connectivity index (χ4n) is 1.99. The van der Waals surface area contributed by atoms with E-state index in [0.29, 0.717) is 18.7 Å². The van der Waals surface area contributed by atoms with E-state index in [1.165, 1.54) is 24.3 Å². The van der Waals surface area contributed by atoms with Crippen LogP contribution in [0.2, 0.25) is 0 Å². The molecule has 2 rings (SSSR count). The molecule has 0 saturated carbocycles. The molecule has 6 heteroatoms. The van der Waals surface area contributed by atoms with Crippen LogP contribution in [0.1, 0.15) is 15.9 Å². The maximum atomic E-state index is 12.8. The largest absolute Gasteiger partial charge is 0.492 e. The van der Waals surface area contributed by atoms with Crippen molar-refractivity contribution in [3.63, 3.8) is 0 Å². The molecule has 24 heavy (non-hydrogen) atoms. The monoisotopic (exact) mass is 330 g/mol. The average molecular weight is 330 g/mol. The molecule has 2 aromatic rings. The zero-order valence-electron chi connectivity index (χ0n) is 13.3. The molecule has 0 saturated heterocycles. The van der Waals surface area contributed by atoms with Crippen molar-refractivity contribution >= 4 is 11.8 Å². The van der Waals surface area contributed by atoms with Crippen molar-refractivity contribution in [2.24, 2.45) is 0 Å². The number of ether oxygens (including phenoxy) is 1. The highest BCUT2D eigenvalue weighted by Crippen LogP contribution is 2.11. The Morgan fingerprint density at radius 2 is 1.83 bits per heavy atom. The summed E-state index contributed by atoms with van der Waals surface area (Å²) in [5.41, 5.74) is 1.40. The molecule has 0 spiro atoms. The maximum Gasteiger partial charge on any atom is 0.251 e.